The van der Waals surface area contributed by atoms with Gasteiger partial charge < -0.3 is 20.7 Å². The SMILES string of the molecule is C[C@@]1(C#N)[C@H](O)[C@@H](CO)O[C@@]1(C#N)C1CC=C2C(N)=NC=NN21. The normalized spacial score (nSPS) is 41.8. The molecule has 3 rings (SSSR count). The second-order valence-corrected chi connectivity index (χ2v) is 5.88. The fraction of sp³-hybridized carbons (Fsp3) is 0.571. The lowest BCUT2D eigenvalue weighted by Gasteiger charge is -2.40. The molecule has 5 atom stereocenters. The molecule has 0 bridgehead atoms. The average Bonchev–Trinajstić information content (AvgIpc) is 3.09. The zero-order valence-electron chi connectivity index (χ0n) is 12.4. The Kier molecular flexibility index (Phi) is 3.38. The molecule has 3 aliphatic heterocycles. The average molecular weight is 316 g/mol. The van der Waals surface area contributed by atoms with E-state index in [9.17, 15) is 20.7 Å². The first kappa shape index (κ1) is 15.4. The van der Waals surface area contributed by atoms with Crippen LogP contribution in [0.2, 0.25) is 0 Å². The number of aliphatic hydroxyl groups excluding tert-OH is 2. The van der Waals surface area contributed by atoms with Gasteiger partial charge in [0.15, 0.2) is 11.4 Å². The Labute approximate surface area is 132 Å². The number of ether oxygens (including phenoxy) is 1. The summed E-state index contributed by atoms with van der Waals surface area (Å²) in [5.41, 5.74) is 3.14. The van der Waals surface area contributed by atoms with E-state index in [0.29, 0.717) is 12.1 Å². The first-order valence-corrected chi connectivity index (χ1v) is 7.10. The van der Waals surface area contributed by atoms with Crippen LogP contribution in [0, 0.1) is 28.1 Å². The van der Waals surface area contributed by atoms with Crippen molar-refractivity contribution in [1.29, 1.82) is 10.5 Å². The first-order valence-electron chi connectivity index (χ1n) is 7.10. The van der Waals surface area contributed by atoms with Gasteiger partial charge in [-0.25, -0.2) is 4.99 Å². The van der Waals surface area contributed by atoms with Crippen LogP contribution in [-0.4, -0.2) is 57.9 Å². The summed E-state index contributed by atoms with van der Waals surface area (Å²) in [5.74, 6) is 0.256. The number of hydrogen-bond donors (Lipinski definition) is 3. The number of amidine groups is 1. The van der Waals surface area contributed by atoms with Crippen molar-refractivity contribution in [2.45, 2.75) is 37.2 Å². The van der Waals surface area contributed by atoms with Crippen molar-refractivity contribution in [3.05, 3.63) is 11.8 Å². The number of hydrazone groups is 1. The second-order valence-electron chi connectivity index (χ2n) is 5.88. The molecular weight excluding hydrogens is 300 g/mol. The number of aliphatic imine (C=N–C) groups is 1. The topological polar surface area (TPSA) is 151 Å². The third kappa shape index (κ3) is 1.75. The minimum atomic E-state index is -1.68. The van der Waals surface area contributed by atoms with E-state index in [-0.39, 0.29) is 5.84 Å². The Hall–Kier alpha value is -2.46. The largest absolute Gasteiger partial charge is 0.394 e. The van der Waals surface area contributed by atoms with Crippen molar-refractivity contribution in [3.8, 4) is 12.1 Å². The number of fused-ring (bicyclic) bond motifs is 1. The van der Waals surface area contributed by atoms with Gasteiger partial charge in [-0.15, -0.1) is 0 Å². The number of nitrogens with zero attached hydrogens (tertiary/aromatic N) is 5. The zero-order chi connectivity index (χ0) is 16.8. The van der Waals surface area contributed by atoms with Gasteiger partial charge in [-0.3, -0.25) is 5.01 Å². The maximum Gasteiger partial charge on any atom is 0.198 e. The highest BCUT2D eigenvalue weighted by molar-refractivity contribution is 6.02. The van der Waals surface area contributed by atoms with Gasteiger partial charge in [0.25, 0.3) is 0 Å². The summed E-state index contributed by atoms with van der Waals surface area (Å²) in [6.07, 6.45) is 1.04. The molecule has 0 spiro atoms. The van der Waals surface area contributed by atoms with Gasteiger partial charge in [0.2, 0.25) is 0 Å². The van der Waals surface area contributed by atoms with Crippen LogP contribution in [0.4, 0.5) is 0 Å². The molecule has 23 heavy (non-hydrogen) atoms. The number of nitriles is 2. The quantitative estimate of drug-likeness (QED) is 0.579. The van der Waals surface area contributed by atoms with Gasteiger partial charge in [0, 0.05) is 0 Å². The predicted molar refractivity (Wildman–Crippen MR) is 78.5 cm³/mol. The molecule has 1 fully saturated rings. The van der Waals surface area contributed by atoms with Gasteiger partial charge in [-0.1, -0.05) is 6.08 Å². The maximum atomic E-state index is 10.4. The highest BCUT2D eigenvalue weighted by atomic mass is 16.5. The Balaban J connectivity index is 2.07. The molecule has 3 heterocycles. The molecule has 0 aromatic carbocycles. The predicted octanol–water partition coefficient (Wildman–Crippen LogP) is -1.20. The molecule has 0 aliphatic carbocycles. The summed E-state index contributed by atoms with van der Waals surface area (Å²) in [4.78, 5) is 3.90. The molecule has 120 valence electrons. The van der Waals surface area contributed by atoms with E-state index in [2.05, 4.69) is 16.2 Å². The highest BCUT2D eigenvalue weighted by Crippen LogP contribution is 2.52. The van der Waals surface area contributed by atoms with Crippen LogP contribution in [-0.2, 0) is 4.74 Å². The fourth-order valence-corrected chi connectivity index (χ4v) is 3.44. The summed E-state index contributed by atoms with van der Waals surface area (Å²) in [7, 11) is 0. The number of hydrogen-bond acceptors (Lipinski definition) is 9. The van der Waals surface area contributed by atoms with Crippen LogP contribution in [0.1, 0.15) is 13.3 Å². The van der Waals surface area contributed by atoms with Crippen LogP contribution >= 0.6 is 0 Å². The van der Waals surface area contributed by atoms with Gasteiger partial charge in [0.1, 0.15) is 36.1 Å². The summed E-state index contributed by atoms with van der Waals surface area (Å²) >= 11 is 0. The van der Waals surface area contributed by atoms with E-state index in [4.69, 9.17) is 10.5 Å². The number of aliphatic hydroxyl groups is 2. The Bertz CT molecular complexity index is 704. The molecule has 4 N–H and O–H groups in total. The lowest BCUT2D eigenvalue weighted by molar-refractivity contribution is -0.0857. The summed E-state index contributed by atoms with van der Waals surface area (Å²) in [6, 6.07) is 3.40. The van der Waals surface area contributed by atoms with E-state index in [1.165, 1.54) is 18.3 Å². The monoisotopic (exact) mass is 316 g/mol. The van der Waals surface area contributed by atoms with Crippen molar-refractivity contribution in [1.82, 2.24) is 5.01 Å². The van der Waals surface area contributed by atoms with Crippen molar-refractivity contribution in [3.63, 3.8) is 0 Å². The van der Waals surface area contributed by atoms with Crippen molar-refractivity contribution >= 4 is 12.2 Å². The zero-order valence-corrected chi connectivity index (χ0v) is 12.4. The third-order valence-corrected chi connectivity index (χ3v) is 4.81. The molecule has 3 aliphatic rings. The van der Waals surface area contributed by atoms with Crippen LogP contribution in [0.3, 0.4) is 0 Å². The summed E-state index contributed by atoms with van der Waals surface area (Å²) in [6.45, 7) is 0.960. The molecule has 1 saturated heterocycles. The minimum Gasteiger partial charge on any atom is -0.394 e. The van der Waals surface area contributed by atoms with E-state index in [0.717, 1.165) is 0 Å². The van der Waals surface area contributed by atoms with Gasteiger partial charge in [-0.2, -0.15) is 15.6 Å². The summed E-state index contributed by atoms with van der Waals surface area (Å²) < 4.78 is 5.72. The molecule has 9 heteroatoms. The smallest absolute Gasteiger partial charge is 0.198 e. The van der Waals surface area contributed by atoms with Crippen LogP contribution in [0.15, 0.2) is 21.9 Å². The van der Waals surface area contributed by atoms with E-state index >= 15 is 0 Å². The summed E-state index contributed by atoms with van der Waals surface area (Å²) in [5, 5.41) is 44.9. The van der Waals surface area contributed by atoms with Gasteiger partial charge in [-0.05, 0) is 13.3 Å². The molecule has 1 unspecified atom stereocenters. The van der Waals surface area contributed by atoms with Crippen molar-refractivity contribution < 1.29 is 14.9 Å². The highest BCUT2D eigenvalue weighted by Gasteiger charge is 2.69. The van der Waals surface area contributed by atoms with Gasteiger partial charge in [0.05, 0.1) is 18.4 Å². The third-order valence-electron chi connectivity index (χ3n) is 4.81. The lowest BCUT2D eigenvalue weighted by atomic mass is 9.68. The molecule has 9 nitrogen and oxygen atoms in total. The van der Waals surface area contributed by atoms with Crippen LogP contribution in [0.5, 0.6) is 0 Å². The van der Waals surface area contributed by atoms with E-state index < -0.39 is 35.9 Å². The standard InChI is InChI=1S/C14H16N6O3/c1-13(5-15)11(22)9(4-21)23-14(13,6-16)10-3-2-8-12(17)18-7-19-20(8)10/h2,7,9-11,21-22H,3-4H2,1H3,(H2,17,18,19)/t9-,10?,11-,13-,14+/m1/s1. The number of nitrogens with two attached hydrogens (primary N) is 1. The maximum absolute atomic E-state index is 10.4. The second kappa shape index (κ2) is 5.03. The van der Waals surface area contributed by atoms with E-state index in [1.54, 1.807) is 6.08 Å². The first-order chi connectivity index (χ1) is 10.9. The van der Waals surface area contributed by atoms with Crippen LogP contribution in [0.25, 0.3) is 0 Å². The van der Waals surface area contributed by atoms with Crippen LogP contribution < -0.4 is 5.73 Å². The number of rotatable bonds is 2. The molecule has 0 radical (unpaired) electrons. The van der Waals surface area contributed by atoms with Gasteiger partial charge >= 0.3 is 0 Å². The Morgan fingerprint density at radius 2 is 2.26 bits per heavy atom. The molecule has 0 saturated carbocycles. The molecular formula is C14H16N6O3. The van der Waals surface area contributed by atoms with E-state index in [1.807, 2.05) is 6.07 Å². The fourth-order valence-electron chi connectivity index (χ4n) is 3.44. The molecule has 0 aromatic rings. The van der Waals surface area contributed by atoms with Crippen molar-refractivity contribution in [2.75, 3.05) is 6.61 Å². The van der Waals surface area contributed by atoms with Crippen molar-refractivity contribution in [2.24, 2.45) is 21.2 Å². The molecule has 0 amide bonds. The molecule has 0 aromatic heterocycles. The minimum absolute atomic E-state index is 0.256. The Morgan fingerprint density at radius 3 is 2.87 bits per heavy atom. The Morgan fingerprint density at radius 1 is 1.52 bits per heavy atom. The lowest BCUT2D eigenvalue weighted by Crippen LogP contribution is -2.58.